The van der Waals surface area contributed by atoms with E-state index in [1.54, 1.807) is 12.1 Å². The summed E-state index contributed by atoms with van der Waals surface area (Å²) in [7, 11) is 0. The van der Waals surface area contributed by atoms with Crippen LogP contribution in [-0.2, 0) is 0 Å². The maximum Gasteiger partial charge on any atom is 0.254 e. The third-order valence-corrected chi connectivity index (χ3v) is 2.95. The lowest BCUT2D eigenvalue weighted by atomic mass is 10.3. The number of rotatable bonds is 5. The van der Waals surface area contributed by atoms with Crippen molar-refractivity contribution in [1.82, 2.24) is 15.3 Å². The number of fused-ring (bicyclic) bond motifs is 1. The molecule has 1 aliphatic rings. The molecule has 1 amide bonds. The molecule has 0 aliphatic carbocycles. The Morgan fingerprint density at radius 2 is 2.05 bits per heavy atom. The number of carbonyl (C=O) groups excluding carboxylic acids is 1. The number of amides is 1. The zero-order valence-electron chi connectivity index (χ0n) is 11.7. The topological polar surface area (TPSA) is 85.4 Å². The molecular formula is C15H14N4O3. The second kappa shape index (κ2) is 6.13. The fourth-order valence-electron chi connectivity index (χ4n) is 1.88. The predicted octanol–water partition coefficient (Wildman–Crippen LogP) is 1.86. The van der Waals surface area contributed by atoms with E-state index < -0.39 is 0 Å². The number of carbonyl (C=O) groups is 1. The average Bonchev–Trinajstić information content (AvgIpc) is 3.01. The lowest BCUT2D eigenvalue weighted by molar-refractivity contribution is 0.0957. The Morgan fingerprint density at radius 1 is 1.27 bits per heavy atom. The summed E-state index contributed by atoms with van der Waals surface area (Å²) >= 11 is 0. The highest BCUT2D eigenvalue weighted by Crippen LogP contribution is 2.34. The van der Waals surface area contributed by atoms with Gasteiger partial charge in [0.1, 0.15) is 0 Å². The van der Waals surface area contributed by atoms with Gasteiger partial charge in [0, 0.05) is 30.7 Å². The number of anilines is 2. The van der Waals surface area contributed by atoms with Gasteiger partial charge in [-0.2, -0.15) is 0 Å². The molecule has 0 saturated heterocycles. The molecule has 0 fully saturated rings. The van der Waals surface area contributed by atoms with Gasteiger partial charge in [-0.05, 0) is 12.1 Å². The summed E-state index contributed by atoms with van der Waals surface area (Å²) in [6.07, 6.45) is 4.52. The Labute approximate surface area is 127 Å². The number of nitrogens with one attached hydrogen (secondary N) is 2. The van der Waals surface area contributed by atoms with E-state index in [1.807, 2.05) is 12.1 Å². The van der Waals surface area contributed by atoms with Gasteiger partial charge in [-0.25, -0.2) is 9.97 Å². The molecule has 2 heterocycles. The van der Waals surface area contributed by atoms with Gasteiger partial charge in [-0.15, -0.1) is 6.58 Å². The first-order chi connectivity index (χ1) is 10.8. The Hall–Kier alpha value is -3.09. The molecule has 1 aromatic carbocycles. The number of hydrogen-bond acceptors (Lipinski definition) is 6. The lowest BCUT2D eigenvalue weighted by Gasteiger charge is -2.06. The van der Waals surface area contributed by atoms with Gasteiger partial charge in [0.15, 0.2) is 11.5 Å². The molecule has 0 atom stereocenters. The fourth-order valence-corrected chi connectivity index (χ4v) is 1.88. The first-order valence-electron chi connectivity index (χ1n) is 6.64. The van der Waals surface area contributed by atoms with Gasteiger partial charge in [-0.1, -0.05) is 6.08 Å². The van der Waals surface area contributed by atoms with Gasteiger partial charge in [-0.3, -0.25) is 4.79 Å². The predicted molar refractivity (Wildman–Crippen MR) is 80.4 cm³/mol. The van der Waals surface area contributed by atoms with Crippen LogP contribution in [0.2, 0.25) is 0 Å². The minimum absolute atomic E-state index is 0.226. The first kappa shape index (κ1) is 13.9. The van der Waals surface area contributed by atoms with Crippen LogP contribution in [0, 0.1) is 0 Å². The Kier molecular flexibility index (Phi) is 3.86. The van der Waals surface area contributed by atoms with Crippen LogP contribution in [0.4, 0.5) is 11.6 Å². The maximum atomic E-state index is 11.7. The Morgan fingerprint density at radius 3 is 2.82 bits per heavy atom. The minimum atomic E-state index is -0.241. The van der Waals surface area contributed by atoms with Gasteiger partial charge < -0.3 is 20.1 Å². The summed E-state index contributed by atoms with van der Waals surface area (Å²) in [5.74, 6) is 1.53. The number of hydrogen-bond donors (Lipinski definition) is 2. The van der Waals surface area contributed by atoms with Crippen LogP contribution < -0.4 is 20.1 Å². The Bertz CT molecular complexity index is 700. The summed E-state index contributed by atoms with van der Waals surface area (Å²) in [4.78, 5) is 19.9. The molecule has 1 aromatic heterocycles. The highest BCUT2D eigenvalue weighted by molar-refractivity contribution is 5.93. The summed E-state index contributed by atoms with van der Waals surface area (Å²) in [6.45, 7) is 4.16. The molecule has 112 valence electrons. The third-order valence-electron chi connectivity index (χ3n) is 2.95. The quantitative estimate of drug-likeness (QED) is 0.820. The van der Waals surface area contributed by atoms with E-state index in [0.29, 0.717) is 29.6 Å². The van der Waals surface area contributed by atoms with Gasteiger partial charge >= 0.3 is 0 Å². The van der Waals surface area contributed by atoms with E-state index >= 15 is 0 Å². The maximum absolute atomic E-state index is 11.7. The number of benzene rings is 1. The van der Waals surface area contributed by atoms with Crippen molar-refractivity contribution in [2.75, 3.05) is 18.7 Å². The van der Waals surface area contributed by atoms with Crippen LogP contribution in [0.15, 0.2) is 43.2 Å². The summed E-state index contributed by atoms with van der Waals surface area (Å²) < 4.78 is 10.5. The molecule has 3 rings (SSSR count). The average molecular weight is 298 g/mol. The van der Waals surface area contributed by atoms with Crippen LogP contribution in [0.3, 0.4) is 0 Å². The van der Waals surface area contributed by atoms with E-state index in [9.17, 15) is 4.79 Å². The summed E-state index contributed by atoms with van der Waals surface area (Å²) in [5.41, 5.74) is 1.16. The molecule has 0 radical (unpaired) electrons. The van der Waals surface area contributed by atoms with Crippen molar-refractivity contribution in [1.29, 1.82) is 0 Å². The van der Waals surface area contributed by atoms with Crippen molar-refractivity contribution in [3.05, 3.63) is 48.8 Å². The number of ether oxygens (including phenoxy) is 2. The van der Waals surface area contributed by atoms with Gasteiger partial charge in [0.05, 0.1) is 5.56 Å². The van der Waals surface area contributed by atoms with E-state index in [4.69, 9.17) is 9.47 Å². The SMILES string of the molecule is C=CCNC(=O)c1cnc(Nc2ccc3c(c2)OCO3)nc1. The van der Waals surface area contributed by atoms with Crippen LogP contribution in [0.25, 0.3) is 0 Å². The van der Waals surface area contributed by atoms with E-state index in [1.165, 1.54) is 12.4 Å². The van der Waals surface area contributed by atoms with E-state index in [-0.39, 0.29) is 12.7 Å². The van der Waals surface area contributed by atoms with Crippen LogP contribution in [0.5, 0.6) is 11.5 Å². The van der Waals surface area contributed by atoms with E-state index in [0.717, 1.165) is 5.69 Å². The molecule has 2 aromatic rings. The molecule has 0 unspecified atom stereocenters. The van der Waals surface area contributed by atoms with Crippen molar-refractivity contribution in [2.45, 2.75) is 0 Å². The van der Waals surface area contributed by atoms with Gasteiger partial charge in [0.25, 0.3) is 5.91 Å². The summed E-state index contributed by atoms with van der Waals surface area (Å²) in [6, 6.07) is 5.44. The zero-order valence-corrected chi connectivity index (χ0v) is 11.7. The van der Waals surface area contributed by atoms with Crippen molar-refractivity contribution >= 4 is 17.5 Å². The zero-order chi connectivity index (χ0) is 15.4. The molecule has 0 saturated carbocycles. The fraction of sp³-hybridized carbons (Fsp3) is 0.133. The molecule has 0 bridgehead atoms. The third kappa shape index (κ3) is 2.98. The normalized spacial score (nSPS) is 11.8. The van der Waals surface area contributed by atoms with Crippen molar-refractivity contribution in [2.24, 2.45) is 0 Å². The second-order valence-corrected chi connectivity index (χ2v) is 4.49. The van der Waals surface area contributed by atoms with Crippen molar-refractivity contribution in [3.63, 3.8) is 0 Å². The summed E-state index contributed by atoms with van der Waals surface area (Å²) in [5, 5.41) is 5.70. The second-order valence-electron chi connectivity index (χ2n) is 4.49. The highest BCUT2D eigenvalue weighted by atomic mass is 16.7. The molecule has 7 heteroatoms. The largest absolute Gasteiger partial charge is 0.454 e. The molecule has 7 nitrogen and oxygen atoms in total. The van der Waals surface area contributed by atoms with Crippen molar-refractivity contribution in [3.8, 4) is 11.5 Å². The van der Waals surface area contributed by atoms with E-state index in [2.05, 4.69) is 27.2 Å². The monoisotopic (exact) mass is 298 g/mol. The van der Waals surface area contributed by atoms with Gasteiger partial charge in [0.2, 0.25) is 12.7 Å². The smallest absolute Gasteiger partial charge is 0.254 e. The van der Waals surface area contributed by atoms with Crippen LogP contribution in [0.1, 0.15) is 10.4 Å². The number of nitrogens with zero attached hydrogens (tertiary/aromatic N) is 2. The number of aromatic nitrogens is 2. The molecular weight excluding hydrogens is 284 g/mol. The standard InChI is InChI=1S/C15H14N4O3/c1-2-5-16-14(20)10-7-17-15(18-8-10)19-11-3-4-12-13(6-11)22-9-21-12/h2-4,6-8H,1,5,9H2,(H,16,20)(H,17,18,19). The van der Waals surface area contributed by atoms with Crippen LogP contribution >= 0.6 is 0 Å². The molecule has 2 N–H and O–H groups in total. The van der Waals surface area contributed by atoms with Crippen LogP contribution in [-0.4, -0.2) is 29.2 Å². The highest BCUT2D eigenvalue weighted by Gasteiger charge is 2.13. The minimum Gasteiger partial charge on any atom is -0.454 e. The molecule has 22 heavy (non-hydrogen) atoms. The lowest BCUT2D eigenvalue weighted by Crippen LogP contribution is -2.23. The first-order valence-corrected chi connectivity index (χ1v) is 6.64. The molecule has 0 spiro atoms. The molecule has 1 aliphatic heterocycles. The van der Waals surface area contributed by atoms with Crippen molar-refractivity contribution < 1.29 is 14.3 Å². The Balaban J connectivity index is 1.68.